The average Bonchev–Trinajstić information content (AvgIpc) is 2.22. The largest absolute Gasteiger partial charge is 0.435 e. The van der Waals surface area contributed by atoms with Crippen LogP contribution in [0.15, 0.2) is 12.8 Å². The van der Waals surface area contributed by atoms with Crippen LogP contribution >= 0.6 is 0 Å². The number of esters is 1. The molecule has 0 radical (unpaired) electrons. The molecule has 0 aliphatic carbocycles. The maximum atomic E-state index is 10.9. The highest BCUT2D eigenvalue weighted by Gasteiger charge is 1.99. The molecule has 0 aromatic rings. The Balaban J connectivity index is 3.04. The number of carbonyl (C=O) groups excluding carboxylic acids is 1. The Morgan fingerprint density at radius 1 is 1.07 bits per heavy atom. The van der Waals surface area contributed by atoms with E-state index >= 15 is 0 Å². The fourth-order valence-corrected chi connectivity index (χ4v) is 1.56. The van der Waals surface area contributed by atoms with Gasteiger partial charge in [-0.25, -0.2) is 0 Å². The molecule has 0 N–H and O–H groups in total. The Labute approximate surface area is 93.7 Å². The van der Waals surface area contributed by atoms with Gasteiger partial charge in [0.1, 0.15) is 0 Å². The van der Waals surface area contributed by atoms with Crippen LogP contribution in [-0.2, 0) is 9.53 Å². The highest BCUT2D eigenvalue weighted by molar-refractivity contribution is 5.69. The van der Waals surface area contributed by atoms with Crippen LogP contribution < -0.4 is 0 Å². The van der Waals surface area contributed by atoms with Gasteiger partial charge in [-0.15, -0.1) is 0 Å². The van der Waals surface area contributed by atoms with Crippen molar-refractivity contribution in [3.05, 3.63) is 12.8 Å². The quantitative estimate of drug-likeness (QED) is 0.308. The molecule has 0 bridgehead atoms. The molecule has 0 rings (SSSR count). The van der Waals surface area contributed by atoms with E-state index in [2.05, 4.69) is 18.2 Å². The summed E-state index contributed by atoms with van der Waals surface area (Å²) in [5, 5.41) is 0. The van der Waals surface area contributed by atoms with Crippen molar-refractivity contribution in [3.63, 3.8) is 0 Å². The Kier molecular flexibility index (Phi) is 10.7. The lowest BCUT2D eigenvalue weighted by Crippen LogP contribution is -1.98. The van der Waals surface area contributed by atoms with Crippen LogP contribution in [0.25, 0.3) is 0 Å². The zero-order chi connectivity index (χ0) is 11.4. The van der Waals surface area contributed by atoms with Gasteiger partial charge in [0.2, 0.25) is 0 Å². The van der Waals surface area contributed by atoms with Crippen LogP contribution in [0.4, 0.5) is 0 Å². The van der Waals surface area contributed by atoms with Crippen LogP contribution in [0.2, 0.25) is 0 Å². The normalized spacial score (nSPS) is 9.93. The number of carbonyl (C=O) groups is 1. The summed E-state index contributed by atoms with van der Waals surface area (Å²) in [7, 11) is 0. The SMILES string of the molecule is C=COC(=O)CCCCCCCCCC. The summed E-state index contributed by atoms with van der Waals surface area (Å²) in [6, 6.07) is 0. The maximum absolute atomic E-state index is 10.9. The number of hydrogen-bond acceptors (Lipinski definition) is 2. The minimum absolute atomic E-state index is 0.156. The van der Waals surface area contributed by atoms with E-state index < -0.39 is 0 Å². The molecule has 2 nitrogen and oxygen atoms in total. The van der Waals surface area contributed by atoms with Crippen molar-refractivity contribution >= 4 is 5.97 Å². The lowest BCUT2D eigenvalue weighted by molar-refractivity contribution is -0.138. The molecule has 0 saturated heterocycles. The molecule has 88 valence electrons. The molecule has 2 heteroatoms. The van der Waals surface area contributed by atoms with E-state index in [-0.39, 0.29) is 5.97 Å². The number of ether oxygens (including phenoxy) is 1. The van der Waals surface area contributed by atoms with Crippen molar-refractivity contribution in [3.8, 4) is 0 Å². The molecule has 0 unspecified atom stereocenters. The predicted molar refractivity (Wildman–Crippen MR) is 63.5 cm³/mol. The lowest BCUT2D eigenvalue weighted by atomic mass is 10.1. The van der Waals surface area contributed by atoms with E-state index in [1.807, 2.05) is 0 Å². The molecule has 15 heavy (non-hydrogen) atoms. The summed E-state index contributed by atoms with van der Waals surface area (Å²) < 4.78 is 4.63. The van der Waals surface area contributed by atoms with Crippen LogP contribution in [0, 0.1) is 0 Å². The zero-order valence-corrected chi connectivity index (χ0v) is 9.96. The molecule has 0 spiro atoms. The van der Waals surface area contributed by atoms with Crippen molar-refractivity contribution in [1.29, 1.82) is 0 Å². The summed E-state index contributed by atoms with van der Waals surface area (Å²) in [5.74, 6) is -0.156. The second-order valence-electron chi connectivity index (χ2n) is 3.88. The molecule has 0 fully saturated rings. The van der Waals surface area contributed by atoms with Crippen LogP contribution in [0.5, 0.6) is 0 Å². The van der Waals surface area contributed by atoms with Crippen LogP contribution in [0.1, 0.15) is 64.7 Å². The molecular formula is C13H24O2. The molecule has 0 aromatic carbocycles. The van der Waals surface area contributed by atoms with Crippen molar-refractivity contribution < 1.29 is 9.53 Å². The Morgan fingerprint density at radius 3 is 2.13 bits per heavy atom. The highest BCUT2D eigenvalue weighted by Crippen LogP contribution is 2.09. The van der Waals surface area contributed by atoms with Gasteiger partial charge in [0.15, 0.2) is 0 Å². The lowest BCUT2D eigenvalue weighted by Gasteiger charge is -2.01. The van der Waals surface area contributed by atoms with Crippen LogP contribution in [-0.4, -0.2) is 5.97 Å². The first kappa shape index (κ1) is 14.2. The van der Waals surface area contributed by atoms with Crippen molar-refractivity contribution in [2.24, 2.45) is 0 Å². The van der Waals surface area contributed by atoms with E-state index in [0.29, 0.717) is 6.42 Å². The Hall–Kier alpha value is -0.790. The van der Waals surface area contributed by atoms with Gasteiger partial charge < -0.3 is 4.74 Å². The third-order valence-corrected chi connectivity index (χ3v) is 2.45. The number of rotatable bonds is 10. The second kappa shape index (κ2) is 11.3. The highest BCUT2D eigenvalue weighted by atomic mass is 16.5. The van der Waals surface area contributed by atoms with Gasteiger partial charge in [-0.05, 0) is 6.42 Å². The number of unbranched alkanes of at least 4 members (excludes halogenated alkanes) is 7. The van der Waals surface area contributed by atoms with E-state index in [4.69, 9.17) is 0 Å². The molecule has 0 saturated carbocycles. The van der Waals surface area contributed by atoms with Crippen LogP contribution in [0.3, 0.4) is 0 Å². The third kappa shape index (κ3) is 11.1. The molecule has 0 aliphatic rings. The third-order valence-electron chi connectivity index (χ3n) is 2.45. The number of hydrogen-bond donors (Lipinski definition) is 0. The maximum Gasteiger partial charge on any atom is 0.310 e. The molecule has 0 heterocycles. The average molecular weight is 212 g/mol. The van der Waals surface area contributed by atoms with Gasteiger partial charge in [0.05, 0.1) is 6.26 Å². The van der Waals surface area contributed by atoms with Crippen molar-refractivity contribution in [2.45, 2.75) is 64.7 Å². The molecule has 0 aromatic heterocycles. The summed E-state index contributed by atoms with van der Waals surface area (Å²) in [5.41, 5.74) is 0. The summed E-state index contributed by atoms with van der Waals surface area (Å²) in [6.45, 7) is 5.57. The smallest absolute Gasteiger partial charge is 0.310 e. The Bertz CT molecular complexity index is 164. The van der Waals surface area contributed by atoms with E-state index in [1.54, 1.807) is 0 Å². The minimum atomic E-state index is -0.156. The first-order chi connectivity index (χ1) is 7.31. The standard InChI is InChI=1S/C13H24O2/c1-3-5-6-7-8-9-10-11-12-13(14)15-4-2/h4H,2-3,5-12H2,1H3. The van der Waals surface area contributed by atoms with Gasteiger partial charge in [0.25, 0.3) is 0 Å². The Morgan fingerprint density at radius 2 is 1.60 bits per heavy atom. The molecule has 0 amide bonds. The molecule has 0 aliphatic heterocycles. The summed E-state index contributed by atoms with van der Waals surface area (Å²) >= 11 is 0. The first-order valence-corrected chi connectivity index (χ1v) is 6.11. The molecular weight excluding hydrogens is 188 g/mol. The predicted octanol–water partition coefficient (Wildman–Crippen LogP) is 4.20. The van der Waals surface area contributed by atoms with Gasteiger partial charge in [-0.1, -0.05) is 58.4 Å². The minimum Gasteiger partial charge on any atom is -0.435 e. The van der Waals surface area contributed by atoms with Gasteiger partial charge in [-0.2, -0.15) is 0 Å². The fraction of sp³-hybridized carbons (Fsp3) is 0.769. The van der Waals surface area contributed by atoms with Crippen molar-refractivity contribution in [1.82, 2.24) is 0 Å². The second-order valence-corrected chi connectivity index (χ2v) is 3.88. The first-order valence-electron chi connectivity index (χ1n) is 6.11. The zero-order valence-electron chi connectivity index (χ0n) is 9.96. The van der Waals surface area contributed by atoms with Gasteiger partial charge >= 0.3 is 5.97 Å². The van der Waals surface area contributed by atoms with E-state index in [9.17, 15) is 4.79 Å². The topological polar surface area (TPSA) is 26.3 Å². The summed E-state index contributed by atoms with van der Waals surface area (Å²) in [4.78, 5) is 10.9. The monoisotopic (exact) mass is 212 g/mol. The van der Waals surface area contributed by atoms with Gasteiger partial charge in [0, 0.05) is 6.42 Å². The van der Waals surface area contributed by atoms with E-state index in [1.165, 1.54) is 44.8 Å². The van der Waals surface area contributed by atoms with Gasteiger partial charge in [-0.3, -0.25) is 4.79 Å². The van der Waals surface area contributed by atoms with E-state index in [0.717, 1.165) is 12.8 Å². The van der Waals surface area contributed by atoms with Crippen molar-refractivity contribution in [2.75, 3.05) is 0 Å². The summed E-state index contributed by atoms with van der Waals surface area (Å²) in [6.07, 6.45) is 11.7. The fourth-order valence-electron chi connectivity index (χ4n) is 1.56. The molecule has 0 atom stereocenters.